The maximum Gasteiger partial charge on any atom is 0.415 e. The molecule has 0 spiro atoms. The van der Waals surface area contributed by atoms with E-state index in [-0.39, 0.29) is 37.1 Å². The molecule has 1 N–H and O–H groups in total. The zero-order chi connectivity index (χ0) is 26.4. The molecule has 1 aliphatic heterocycles. The molecule has 1 heterocycles. The molecule has 7 nitrogen and oxygen atoms in total. The van der Waals surface area contributed by atoms with Crippen LogP contribution in [0.5, 0.6) is 5.75 Å². The Hall–Kier alpha value is -3.68. The standard InChI is InChI=1S/C30H34N2O5/c1-21-17-32(22(2)19-33)29(34)27-16-10-9-15-26(27)25-14-8-7-11-23(25)20-36-28(21)18-31(3)30(35)37-24-12-5-4-6-13-24/h4-16,21-22,28,33H,17-20H2,1-3H3/t21-,22-,28+/m1/s1. The van der Waals surface area contributed by atoms with Crippen LogP contribution in [0.3, 0.4) is 0 Å². The number of benzene rings is 3. The molecule has 0 unspecified atom stereocenters. The van der Waals surface area contributed by atoms with Gasteiger partial charge in [0.25, 0.3) is 5.91 Å². The highest BCUT2D eigenvalue weighted by Crippen LogP contribution is 2.31. The van der Waals surface area contributed by atoms with Crippen LogP contribution in [0.4, 0.5) is 4.79 Å². The van der Waals surface area contributed by atoms with E-state index in [0.29, 0.717) is 24.5 Å². The number of rotatable bonds is 5. The van der Waals surface area contributed by atoms with Crippen LogP contribution in [0.1, 0.15) is 29.8 Å². The second kappa shape index (κ2) is 12.0. The van der Waals surface area contributed by atoms with Gasteiger partial charge in [-0.1, -0.05) is 67.6 Å². The van der Waals surface area contributed by atoms with Gasteiger partial charge in [0.05, 0.1) is 31.9 Å². The van der Waals surface area contributed by atoms with E-state index < -0.39 is 6.09 Å². The van der Waals surface area contributed by atoms with Gasteiger partial charge in [-0.2, -0.15) is 0 Å². The Bertz CT molecular complexity index is 1220. The number of carbonyl (C=O) groups excluding carboxylic acids is 2. The Kier molecular flexibility index (Phi) is 8.58. The van der Waals surface area contributed by atoms with Crippen molar-refractivity contribution in [2.75, 3.05) is 26.7 Å². The zero-order valence-corrected chi connectivity index (χ0v) is 21.5. The summed E-state index contributed by atoms with van der Waals surface area (Å²) in [5.74, 6) is 0.189. The molecule has 37 heavy (non-hydrogen) atoms. The van der Waals surface area contributed by atoms with Crippen LogP contribution in [-0.2, 0) is 11.3 Å². The van der Waals surface area contributed by atoms with Crippen molar-refractivity contribution in [2.45, 2.75) is 32.6 Å². The minimum absolute atomic E-state index is 0.137. The first kappa shape index (κ1) is 26.4. The molecule has 2 amide bonds. The molecule has 3 aromatic rings. The Morgan fingerprint density at radius 1 is 1.03 bits per heavy atom. The summed E-state index contributed by atoms with van der Waals surface area (Å²) >= 11 is 0. The summed E-state index contributed by atoms with van der Waals surface area (Å²) in [6.07, 6.45) is -0.871. The molecule has 0 bridgehead atoms. The fourth-order valence-electron chi connectivity index (χ4n) is 4.56. The minimum Gasteiger partial charge on any atom is -0.410 e. The molecule has 0 saturated heterocycles. The summed E-state index contributed by atoms with van der Waals surface area (Å²) in [5.41, 5.74) is 3.30. The number of nitrogens with zero attached hydrogens (tertiary/aromatic N) is 2. The summed E-state index contributed by atoms with van der Waals surface area (Å²) in [5, 5.41) is 9.97. The molecule has 0 fully saturated rings. The first-order valence-electron chi connectivity index (χ1n) is 12.6. The molecule has 0 saturated carbocycles. The van der Waals surface area contributed by atoms with Crippen molar-refractivity contribution in [1.82, 2.24) is 9.80 Å². The Morgan fingerprint density at radius 3 is 2.35 bits per heavy atom. The number of para-hydroxylation sites is 1. The smallest absolute Gasteiger partial charge is 0.410 e. The summed E-state index contributed by atoms with van der Waals surface area (Å²) in [7, 11) is 1.68. The molecule has 1 aliphatic rings. The maximum absolute atomic E-state index is 13.9. The van der Waals surface area contributed by atoms with E-state index in [9.17, 15) is 14.7 Å². The highest BCUT2D eigenvalue weighted by atomic mass is 16.6. The van der Waals surface area contributed by atoms with Gasteiger partial charge in [0.15, 0.2) is 0 Å². The predicted molar refractivity (Wildman–Crippen MR) is 142 cm³/mol. The first-order chi connectivity index (χ1) is 17.9. The first-order valence-corrected chi connectivity index (χ1v) is 12.6. The second-order valence-corrected chi connectivity index (χ2v) is 9.58. The van der Waals surface area contributed by atoms with Crippen molar-refractivity contribution in [3.63, 3.8) is 0 Å². The third-order valence-corrected chi connectivity index (χ3v) is 6.81. The van der Waals surface area contributed by atoms with Gasteiger partial charge in [0.1, 0.15) is 5.75 Å². The van der Waals surface area contributed by atoms with Gasteiger partial charge in [-0.3, -0.25) is 4.79 Å². The summed E-state index contributed by atoms with van der Waals surface area (Å²) < 4.78 is 11.9. The van der Waals surface area contributed by atoms with Gasteiger partial charge in [0, 0.05) is 25.1 Å². The Balaban J connectivity index is 1.66. The summed E-state index contributed by atoms with van der Waals surface area (Å²) in [6, 6.07) is 24.0. The van der Waals surface area contributed by atoms with Crippen LogP contribution < -0.4 is 4.74 Å². The molecule has 4 rings (SSSR count). The van der Waals surface area contributed by atoms with Gasteiger partial charge < -0.3 is 24.4 Å². The minimum atomic E-state index is -0.485. The van der Waals surface area contributed by atoms with E-state index in [0.717, 1.165) is 16.7 Å². The molecule has 0 aromatic heterocycles. The fourth-order valence-corrected chi connectivity index (χ4v) is 4.56. The van der Waals surface area contributed by atoms with Crippen molar-refractivity contribution < 1.29 is 24.2 Å². The van der Waals surface area contributed by atoms with Crippen molar-refractivity contribution in [1.29, 1.82) is 0 Å². The number of aliphatic hydroxyl groups excluding tert-OH is 1. The number of hydrogen-bond donors (Lipinski definition) is 1. The average molecular weight is 503 g/mol. The van der Waals surface area contributed by atoms with Gasteiger partial charge >= 0.3 is 6.09 Å². The van der Waals surface area contributed by atoms with Crippen molar-refractivity contribution in [3.05, 3.63) is 90.0 Å². The molecular formula is C30H34N2O5. The molecule has 3 aromatic carbocycles. The molecule has 0 aliphatic carbocycles. The lowest BCUT2D eigenvalue weighted by Crippen LogP contribution is -2.47. The topological polar surface area (TPSA) is 79.3 Å². The van der Waals surface area contributed by atoms with Gasteiger partial charge in [-0.15, -0.1) is 0 Å². The van der Waals surface area contributed by atoms with Gasteiger partial charge in [-0.05, 0) is 41.8 Å². The molecule has 3 atom stereocenters. The van der Waals surface area contributed by atoms with Crippen LogP contribution in [0.2, 0.25) is 0 Å². The van der Waals surface area contributed by atoms with E-state index >= 15 is 0 Å². The van der Waals surface area contributed by atoms with Crippen LogP contribution >= 0.6 is 0 Å². The third kappa shape index (κ3) is 6.18. The lowest BCUT2D eigenvalue weighted by molar-refractivity contribution is -0.0205. The molecule has 7 heteroatoms. The van der Waals surface area contributed by atoms with Crippen molar-refractivity contribution in [2.24, 2.45) is 5.92 Å². The third-order valence-electron chi connectivity index (χ3n) is 6.81. The number of aliphatic hydroxyl groups is 1. The highest BCUT2D eigenvalue weighted by molar-refractivity contribution is 6.01. The Labute approximate surface area is 218 Å². The molecule has 194 valence electrons. The van der Waals surface area contributed by atoms with E-state index in [2.05, 4.69) is 0 Å². The summed E-state index contributed by atoms with van der Waals surface area (Å²) in [4.78, 5) is 29.8. The van der Waals surface area contributed by atoms with E-state index in [1.54, 1.807) is 36.2 Å². The SMILES string of the molecule is C[C@@H]1CN([C@H](C)CO)C(=O)c2ccccc2-c2ccccc2CO[C@H]1CN(C)C(=O)Oc1ccccc1. The van der Waals surface area contributed by atoms with E-state index in [4.69, 9.17) is 9.47 Å². The van der Waals surface area contributed by atoms with Crippen LogP contribution in [0, 0.1) is 5.92 Å². The monoisotopic (exact) mass is 502 g/mol. The second-order valence-electron chi connectivity index (χ2n) is 9.58. The number of hydrogen-bond acceptors (Lipinski definition) is 5. The summed E-state index contributed by atoms with van der Waals surface area (Å²) in [6.45, 7) is 4.63. The molecular weight excluding hydrogens is 468 g/mol. The van der Waals surface area contributed by atoms with Crippen molar-refractivity contribution in [3.8, 4) is 16.9 Å². The maximum atomic E-state index is 13.9. The largest absolute Gasteiger partial charge is 0.415 e. The Morgan fingerprint density at radius 2 is 1.65 bits per heavy atom. The zero-order valence-electron chi connectivity index (χ0n) is 21.5. The number of amides is 2. The average Bonchev–Trinajstić information content (AvgIpc) is 2.94. The quantitative estimate of drug-likeness (QED) is 0.540. The van der Waals surface area contributed by atoms with Crippen LogP contribution in [0.25, 0.3) is 11.1 Å². The van der Waals surface area contributed by atoms with Gasteiger partial charge in [0.2, 0.25) is 0 Å². The van der Waals surface area contributed by atoms with Crippen molar-refractivity contribution >= 4 is 12.0 Å². The van der Waals surface area contributed by atoms with Gasteiger partial charge in [-0.25, -0.2) is 4.79 Å². The lowest BCUT2D eigenvalue weighted by atomic mass is 9.94. The number of likely N-dealkylation sites (N-methyl/N-ethyl adjacent to an activating group) is 1. The van der Waals surface area contributed by atoms with E-state index in [1.165, 1.54) is 4.90 Å². The van der Waals surface area contributed by atoms with Crippen LogP contribution in [-0.4, -0.2) is 65.8 Å². The van der Waals surface area contributed by atoms with E-state index in [1.807, 2.05) is 68.4 Å². The lowest BCUT2D eigenvalue weighted by Gasteiger charge is -2.35. The fraction of sp³-hybridized carbons (Fsp3) is 0.333. The normalized spacial score (nSPS) is 18.7. The number of carbonyl (C=O) groups is 2. The molecule has 0 radical (unpaired) electrons. The number of fused-ring (bicyclic) bond motifs is 3. The van der Waals surface area contributed by atoms with Crippen LogP contribution in [0.15, 0.2) is 78.9 Å². The highest BCUT2D eigenvalue weighted by Gasteiger charge is 2.31. The predicted octanol–water partition coefficient (Wildman–Crippen LogP) is 4.84. The number of ether oxygens (including phenoxy) is 2.